The molecule has 0 aliphatic carbocycles. The van der Waals surface area contributed by atoms with E-state index in [1.807, 2.05) is 0 Å². The second-order valence-electron chi connectivity index (χ2n) is 3.96. The lowest BCUT2D eigenvalue weighted by atomic mass is 10.2. The molecule has 6 heteroatoms. The number of halogens is 4. The fourth-order valence-electron chi connectivity index (χ4n) is 1.42. The van der Waals surface area contributed by atoms with Crippen LogP contribution >= 0.6 is 0 Å². The Bertz CT molecular complexity index is 379. The van der Waals surface area contributed by atoms with Crippen LogP contribution in [-0.2, 0) is 0 Å². The van der Waals surface area contributed by atoms with Gasteiger partial charge in [-0.3, -0.25) is 0 Å². The Balaban J connectivity index is 2.18. The number of hydrogen-bond acceptors (Lipinski definition) is 2. The van der Waals surface area contributed by atoms with Crippen LogP contribution in [-0.4, -0.2) is 12.8 Å². The molecule has 0 amide bonds. The van der Waals surface area contributed by atoms with Crippen molar-refractivity contribution in [3.05, 3.63) is 24.0 Å². The van der Waals surface area contributed by atoms with Gasteiger partial charge in [0.15, 0.2) is 11.6 Å². The van der Waals surface area contributed by atoms with E-state index < -0.39 is 18.4 Å². The van der Waals surface area contributed by atoms with Crippen LogP contribution < -0.4 is 10.5 Å². The van der Waals surface area contributed by atoms with Gasteiger partial charge in [-0.05, 0) is 31.4 Å². The molecule has 0 aromatic heterocycles. The summed E-state index contributed by atoms with van der Waals surface area (Å²) in [5.74, 6) is -0.495. The molecule has 2 N–H and O–H groups in total. The van der Waals surface area contributed by atoms with E-state index in [0.29, 0.717) is 18.5 Å². The second kappa shape index (κ2) is 6.47. The zero-order chi connectivity index (χ0) is 13.6. The Morgan fingerprint density at radius 1 is 1.11 bits per heavy atom. The van der Waals surface area contributed by atoms with Gasteiger partial charge in [0.2, 0.25) is 0 Å². The number of nitrogen functional groups attached to an aromatic ring is 1. The molecular weight excluding hydrogens is 250 g/mol. The third-order valence-electron chi connectivity index (χ3n) is 2.32. The van der Waals surface area contributed by atoms with E-state index >= 15 is 0 Å². The maximum Gasteiger partial charge on any atom is 0.389 e. The molecule has 0 aliphatic heterocycles. The predicted octanol–water partition coefficient (Wildman–Crippen LogP) is 3.91. The fraction of sp³-hybridized carbons (Fsp3) is 0.500. The van der Waals surface area contributed by atoms with E-state index in [9.17, 15) is 17.6 Å². The third kappa shape index (κ3) is 5.75. The third-order valence-corrected chi connectivity index (χ3v) is 2.32. The zero-order valence-electron chi connectivity index (χ0n) is 9.77. The molecule has 0 radical (unpaired) electrons. The first-order chi connectivity index (χ1) is 8.38. The van der Waals surface area contributed by atoms with Crippen LogP contribution in [0.25, 0.3) is 0 Å². The number of rotatable bonds is 6. The minimum atomic E-state index is -4.11. The second-order valence-corrected chi connectivity index (χ2v) is 3.96. The van der Waals surface area contributed by atoms with Crippen LogP contribution in [0.5, 0.6) is 5.75 Å². The van der Waals surface area contributed by atoms with Crippen LogP contribution in [0.4, 0.5) is 23.2 Å². The lowest BCUT2D eigenvalue weighted by Gasteiger charge is -2.08. The maximum atomic E-state index is 13.2. The van der Waals surface area contributed by atoms with Crippen LogP contribution in [0, 0.1) is 5.82 Å². The first-order valence-electron chi connectivity index (χ1n) is 5.63. The van der Waals surface area contributed by atoms with E-state index in [-0.39, 0.29) is 18.8 Å². The van der Waals surface area contributed by atoms with Crippen LogP contribution in [0.1, 0.15) is 25.7 Å². The molecule has 0 bridgehead atoms. The monoisotopic (exact) mass is 265 g/mol. The molecule has 0 fully saturated rings. The summed E-state index contributed by atoms with van der Waals surface area (Å²) in [6.45, 7) is 0.193. The molecule has 1 rings (SSSR count). The first kappa shape index (κ1) is 14.6. The zero-order valence-corrected chi connectivity index (χ0v) is 9.77. The molecular formula is C12H15F4NO. The number of nitrogens with two attached hydrogens (primary N) is 1. The number of unbranched alkanes of at least 4 members (excludes halogenated alkanes) is 2. The summed E-state index contributed by atoms with van der Waals surface area (Å²) in [6.07, 6.45) is -3.97. The summed E-state index contributed by atoms with van der Waals surface area (Å²) in [7, 11) is 0. The van der Waals surface area contributed by atoms with Crippen molar-refractivity contribution in [3.8, 4) is 5.75 Å². The summed E-state index contributed by atoms with van der Waals surface area (Å²) in [6, 6.07) is 4.04. The van der Waals surface area contributed by atoms with Gasteiger partial charge in [-0.1, -0.05) is 0 Å². The van der Waals surface area contributed by atoms with E-state index in [1.165, 1.54) is 12.1 Å². The van der Waals surface area contributed by atoms with E-state index in [0.717, 1.165) is 6.07 Å². The van der Waals surface area contributed by atoms with Gasteiger partial charge in [-0.25, -0.2) is 4.39 Å². The highest BCUT2D eigenvalue weighted by atomic mass is 19.4. The van der Waals surface area contributed by atoms with Gasteiger partial charge in [-0.15, -0.1) is 0 Å². The number of benzene rings is 1. The van der Waals surface area contributed by atoms with Gasteiger partial charge in [0, 0.05) is 18.2 Å². The van der Waals surface area contributed by atoms with Gasteiger partial charge >= 0.3 is 6.18 Å². The lowest BCUT2D eigenvalue weighted by Crippen LogP contribution is -2.07. The Kier molecular flexibility index (Phi) is 5.25. The number of anilines is 1. The quantitative estimate of drug-likeness (QED) is 0.481. The maximum absolute atomic E-state index is 13.2. The van der Waals surface area contributed by atoms with Crippen LogP contribution in [0.2, 0.25) is 0 Å². The minimum absolute atomic E-state index is 0.0665. The smallest absolute Gasteiger partial charge is 0.389 e. The predicted molar refractivity (Wildman–Crippen MR) is 60.8 cm³/mol. The van der Waals surface area contributed by atoms with Crippen molar-refractivity contribution >= 4 is 5.69 Å². The SMILES string of the molecule is Nc1ccc(OCCCCCC(F)(F)F)c(F)c1. The largest absolute Gasteiger partial charge is 0.491 e. The average Bonchev–Trinajstić information content (AvgIpc) is 2.24. The topological polar surface area (TPSA) is 35.2 Å². The van der Waals surface area contributed by atoms with Gasteiger partial charge in [-0.2, -0.15) is 13.2 Å². The van der Waals surface area contributed by atoms with E-state index in [4.69, 9.17) is 10.5 Å². The van der Waals surface area contributed by atoms with Crippen molar-refractivity contribution in [3.63, 3.8) is 0 Å². The Morgan fingerprint density at radius 3 is 2.44 bits per heavy atom. The van der Waals surface area contributed by atoms with Crippen molar-refractivity contribution in [2.75, 3.05) is 12.3 Å². The highest BCUT2D eigenvalue weighted by molar-refractivity contribution is 5.42. The molecule has 0 aliphatic rings. The molecule has 0 saturated heterocycles. The van der Waals surface area contributed by atoms with Crippen molar-refractivity contribution in [2.24, 2.45) is 0 Å². The molecule has 102 valence electrons. The molecule has 0 heterocycles. The van der Waals surface area contributed by atoms with Gasteiger partial charge in [0.05, 0.1) is 6.61 Å². The summed E-state index contributed by atoms with van der Waals surface area (Å²) >= 11 is 0. The van der Waals surface area contributed by atoms with Crippen molar-refractivity contribution in [1.29, 1.82) is 0 Å². The van der Waals surface area contributed by atoms with Crippen molar-refractivity contribution in [1.82, 2.24) is 0 Å². The lowest BCUT2D eigenvalue weighted by molar-refractivity contribution is -0.135. The van der Waals surface area contributed by atoms with Crippen LogP contribution in [0.15, 0.2) is 18.2 Å². The Morgan fingerprint density at radius 2 is 1.83 bits per heavy atom. The highest BCUT2D eigenvalue weighted by Gasteiger charge is 2.25. The minimum Gasteiger partial charge on any atom is -0.491 e. The molecule has 1 aromatic carbocycles. The van der Waals surface area contributed by atoms with Crippen molar-refractivity contribution < 1.29 is 22.3 Å². The van der Waals surface area contributed by atoms with Gasteiger partial charge in [0.1, 0.15) is 0 Å². The average molecular weight is 265 g/mol. The van der Waals surface area contributed by atoms with Gasteiger partial charge in [0.25, 0.3) is 0 Å². The summed E-state index contributed by atoms with van der Waals surface area (Å²) in [5.41, 5.74) is 5.66. The molecule has 1 aromatic rings. The molecule has 0 spiro atoms. The molecule has 0 atom stereocenters. The molecule has 0 saturated carbocycles. The summed E-state index contributed by atoms with van der Waals surface area (Å²) < 4.78 is 53.8. The standard InChI is InChI=1S/C12H15F4NO/c13-10-8-9(17)4-5-11(10)18-7-3-1-2-6-12(14,15)16/h4-5,8H,1-3,6-7,17H2. The summed E-state index contributed by atoms with van der Waals surface area (Å²) in [4.78, 5) is 0. The molecule has 0 unspecified atom stereocenters. The highest BCUT2D eigenvalue weighted by Crippen LogP contribution is 2.23. The normalized spacial score (nSPS) is 11.6. The van der Waals surface area contributed by atoms with E-state index in [1.54, 1.807) is 0 Å². The number of alkyl halides is 3. The number of hydrogen-bond donors (Lipinski definition) is 1. The first-order valence-corrected chi connectivity index (χ1v) is 5.63. The van der Waals surface area contributed by atoms with E-state index in [2.05, 4.69) is 0 Å². The summed E-state index contributed by atoms with van der Waals surface area (Å²) in [5, 5.41) is 0. The molecule has 18 heavy (non-hydrogen) atoms. The van der Waals surface area contributed by atoms with Gasteiger partial charge < -0.3 is 10.5 Å². The Hall–Kier alpha value is -1.46. The van der Waals surface area contributed by atoms with Crippen molar-refractivity contribution in [2.45, 2.75) is 31.9 Å². The van der Waals surface area contributed by atoms with Crippen LogP contribution in [0.3, 0.4) is 0 Å². The number of ether oxygens (including phenoxy) is 1. The molecule has 2 nitrogen and oxygen atoms in total. The Labute approximate surface area is 103 Å². The fourth-order valence-corrected chi connectivity index (χ4v) is 1.42.